The minimum Gasteiger partial charge on any atom is -0.465 e. The van der Waals surface area contributed by atoms with Gasteiger partial charge in [-0.3, -0.25) is 0 Å². The van der Waals surface area contributed by atoms with Gasteiger partial charge in [0.15, 0.2) is 0 Å². The number of nitrogens with zero attached hydrogens (tertiary/aromatic N) is 1. The molecule has 5 nitrogen and oxygen atoms in total. The van der Waals surface area contributed by atoms with E-state index in [9.17, 15) is 22.4 Å². The molecule has 0 amide bonds. The number of ether oxygens (including phenoxy) is 2. The normalized spacial score (nSPS) is 12.2. The Morgan fingerprint density at radius 3 is 2.45 bits per heavy atom. The number of benzene rings is 2. The standard InChI is InChI=1S/C22H18F4N2O3/c1-13(14-5-7-15(23)8-6-14)28-19-10-9-16(12-17(19)21(29)30-2)31-20-18(22(24,25)26)4-3-11-27-20/h3-13,28H,1-2H3/t13-/m0/s1. The molecule has 0 aliphatic heterocycles. The molecule has 9 heteroatoms. The third-order valence-electron chi connectivity index (χ3n) is 4.43. The number of hydrogen-bond acceptors (Lipinski definition) is 5. The lowest BCUT2D eigenvalue weighted by molar-refractivity contribution is -0.138. The van der Waals surface area contributed by atoms with Gasteiger partial charge in [0.2, 0.25) is 5.88 Å². The van der Waals surface area contributed by atoms with Crippen LogP contribution in [0, 0.1) is 5.82 Å². The molecule has 31 heavy (non-hydrogen) atoms. The zero-order chi connectivity index (χ0) is 22.6. The topological polar surface area (TPSA) is 60.5 Å². The molecule has 162 valence electrons. The molecule has 2 aromatic carbocycles. The fourth-order valence-electron chi connectivity index (χ4n) is 2.86. The number of halogens is 4. The van der Waals surface area contributed by atoms with Gasteiger partial charge in [-0.25, -0.2) is 14.2 Å². The molecule has 0 saturated carbocycles. The molecule has 1 N–H and O–H groups in total. The number of carbonyl (C=O) groups is 1. The Labute approximate surface area is 175 Å². The third-order valence-corrected chi connectivity index (χ3v) is 4.43. The van der Waals surface area contributed by atoms with Crippen LogP contribution in [0.25, 0.3) is 0 Å². The van der Waals surface area contributed by atoms with Crippen molar-refractivity contribution in [2.24, 2.45) is 0 Å². The van der Waals surface area contributed by atoms with E-state index in [0.29, 0.717) is 5.69 Å². The minimum atomic E-state index is -4.65. The third kappa shape index (κ3) is 5.30. The van der Waals surface area contributed by atoms with Gasteiger partial charge >= 0.3 is 12.1 Å². The summed E-state index contributed by atoms with van der Waals surface area (Å²) in [6, 6.07) is 11.7. The first-order valence-electron chi connectivity index (χ1n) is 9.13. The Morgan fingerprint density at radius 1 is 1.10 bits per heavy atom. The van der Waals surface area contributed by atoms with Crippen LogP contribution in [0.15, 0.2) is 60.8 Å². The molecule has 0 spiro atoms. The molecule has 1 atom stereocenters. The van der Waals surface area contributed by atoms with E-state index in [1.54, 1.807) is 12.1 Å². The quantitative estimate of drug-likeness (QED) is 0.381. The average molecular weight is 434 g/mol. The highest BCUT2D eigenvalue weighted by Gasteiger charge is 2.35. The zero-order valence-electron chi connectivity index (χ0n) is 16.5. The second kappa shape index (κ2) is 9.03. The molecule has 0 bridgehead atoms. The van der Waals surface area contributed by atoms with Gasteiger partial charge in [-0.15, -0.1) is 0 Å². The average Bonchev–Trinajstić information content (AvgIpc) is 2.74. The van der Waals surface area contributed by atoms with Crippen molar-refractivity contribution in [3.05, 3.63) is 83.3 Å². The highest BCUT2D eigenvalue weighted by molar-refractivity contribution is 5.96. The van der Waals surface area contributed by atoms with Crippen LogP contribution in [0.1, 0.15) is 34.5 Å². The summed E-state index contributed by atoms with van der Waals surface area (Å²) in [6.45, 7) is 1.81. The van der Waals surface area contributed by atoms with E-state index in [1.807, 2.05) is 6.92 Å². The van der Waals surface area contributed by atoms with Crippen molar-refractivity contribution in [3.63, 3.8) is 0 Å². The first-order chi connectivity index (χ1) is 14.7. The van der Waals surface area contributed by atoms with Crippen LogP contribution in [0.3, 0.4) is 0 Å². The summed E-state index contributed by atoms with van der Waals surface area (Å²) in [5.41, 5.74) is 0.147. The minimum absolute atomic E-state index is 0.0235. The molecule has 1 heterocycles. The van der Waals surface area contributed by atoms with Crippen molar-refractivity contribution in [1.29, 1.82) is 0 Å². The van der Waals surface area contributed by atoms with Crippen LogP contribution < -0.4 is 10.1 Å². The van der Waals surface area contributed by atoms with Gasteiger partial charge in [0, 0.05) is 17.9 Å². The number of hydrogen-bond donors (Lipinski definition) is 1. The molecule has 0 aliphatic rings. The predicted octanol–water partition coefficient (Wildman–Crippen LogP) is 5.99. The molecular formula is C22H18F4N2O3. The van der Waals surface area contributed by atoms with Crippen molar-refractivity contribution >= 4 is 11.7 Å². The maximum Gasteiger partial charge on any atom is 0.421 e. The molecule has 0 saturated heterocycles. The van der Waals surface area contributed by atoms with E-state index in [4.69, 9.17) is 9.47 Å². The van der Waals surface area contributed by atoms with Crippen molar-refractivity contribution in [2.45, 2.75) is 19.1 Å². The summed E-state index contributed by atoms with van der Waals surface area (Å²) in [6.07, 6.45) is -3.48. The van der Waals surface area contributed by atoms with E-state index in [-0.39, 0.29) is 23.2 Å². The smallest absolute Gasteiger partial charge is 0.421 e. The van der Waals surface area contributed by atoms with Gasteiger partial charge in [0.25, 0.3) is 0 Å². The largest absolute Gasteiger partial charge is 0.465 e. The van der Waals surface area contributed by atoms with Crippen molar-refractivity contribution < 1.29 is 31.8 Å². The number of carbonyl (C=O) groups excluding carboxylic acids is 1. The lowest BCUT2D eigenvalue weighted by Crippen LogP contribution is -2.12. The van der Waals surface area contributed by atoms with Crippen molar-refractivity contribution in [3.8, 4) is 11.6 Å². The molecule has 0 fully saturated rings. The van der Waals surface area contributed by atoms with Crippen LogP contribution in [-0.4, -0.2) is 18.1 Å². The van der Waals surface area contributed by atoms with E-state index in [0.717, 1.165) is 17.7 Å². The molecule has 0 radical (unpaired) electrons. The van der Waals surface area contributed by atoms with Gasteiger partial charge in [-0.1, -0.05) is 12.1 Å². The second-order valence-corrected chi connectivity index (χ2v) is 6.57. The molecule has 0 unspecified atom stereocenters. The predicted molar refractivity (Wildman–Crippen MR) is 106 cm³/mol. The summed E-state index contributed by atoms with van der Waals surface area (Å²) >= 11 is 0. The highest BCUT2D eigenvalue weighted by atomic mass is 19.4. The molecule has 3 rings (SSSR count). The Bertz CT molecular complexity index is 1070. The number of anilines is 1. The van der Waals surface area contributed by atoms with Gasteiger partial charge < -0.3 is 14.8 Å². The summed E-state index contributed by atoms with van der Waals surface area (Å²) in [4.78, 5) is 15.9. The molecular weight excluding hydrogens is 416 g/mol. The monoisotopic (exact) mass is 434 g/mol. The highest BCUT2D eigenvalue weighted by Crippen LogP contribution is 2.37. The molecule has 1 aromatic heterocycles. The maximum atomic E-state index is 13.2. The van der Waals surface area contributed by atoms with Gasteiger partial charge in [0.1, 0.15) is 17.1 Å². The van der Waals surface area contributed by atoms with E-state index < -0.39 is 23.6 Å². The number of rotatable bonds is 6. The number of methoxy groups -OCH3 is 1. The summed E-state index contributed by atoms with van der Waals surface area (Å²) < 4.78 is 62.8. The number of nitrogens with one attached hydrogen (secondary N) is 1. The molecule has 0 aliphatic carbocycles. The summed E-state index contributed by atoms with van der Waals surface area (Å²) in [5.74, 6) is -1.74. The van der Waals surface area contributed by atoms with E-state index in [1.165, 1.54) is 43.6 Å². The maximum absolute atomic E-state index is 13.2. The fraction of sp³-hybridized carbons (Fsp3) is 0.182. The lowest BCUT2D eigenvalue weighted by atomic mass is 10.1. The number of alkyl halides is 3. The first-order valence-corrected chi connectivity index (χ1v) is 9.13. The van der Waals surface area contributed by atoms with Crippen LogP contribution in [0.2, 0.25) is 0 Å². The zero-order valence-corrected chi connectivity index (χ0v) is 16.5. The van der Waals surface area contributed by atoms with Crippen molar-refractivity contribution in [1.82, 2.24) is 4.98 Å². The van der Waals surface area contributed by atoms with Gasteiger partial charge in [-0.05, 0) is 55.0 Å². The van der Waals surface area contributed by atoms with Crippen molar-refractivity contribution in [2.75, 3.05) is 12.4 Å². The number of aromatic nitrogens is 1. The lowest BCUT2D eigenvalue weighted by Gasteiger charge is -2.19. The van der Waals surface area contributed by atoms with Gasteiger partial charge in [-0.2, -0.15) is 13.2 Å². The first kappa shape index (κ1) is 22.1. The molecule has 3 aromatic rings. The van der Waals surface area contributed by atoms with Gasteiger partial charge in [0.05, 0.1) is 12.7 Å². The van der Waals surface area contributed by atoms with Crippen LogP contribution in [0.5, 0.6) is 11.6 Å². The SMILES string of the molecule is COC(=O)c1cc(Oc2ncccc2C(F)(F)F)ccc1N[C@@H](C)c1ccc(F)cc1. The van der Waals surface area contributed by atoms with Crippen LogP contribution in [0.4, 0.5) is 23.2 Å². The number of pyridine rings is 1. The number of esters is 1. The Hall–Kier alpha value is -3.62. The van der Waals surface area contributed by atoms with E-state index >= 15 is 0 Å². The Morgan fingerprint density at radius 2 is 1.81 bits per heavy atom. The van der Waals surface area contributed by atoms with Crippen LogP contribution in [-0.2, 0) is 10.9 Å². The Kier molecular flexibility index (Phi) is 6.43. The second-order valence-electron chi connectivity index (χ2n) is 6.57. The summed E-state index contributed by atoms with van der Waals surface area (Å²) in [5, 5.41) is 3.11. The van der Waals surface area contributed by atoms with Crippen LogP contribution >= 0.6 is 0 Å². The fourth-order valence-corrected chi connectivity index (χ4v) is 2.86. The summed E-state index contributed by atoms with van der Waals surface area (Å²) in [7, 11) is 1.18. The Balaban J connectivity index is 1.91. The van der Waals surface area contributed by atoms with E-state index in [2.05, 4.69) is 10.3 Å².